The van der Waals surface area contributed by atoms with Crippen LogP contribution in [0.2, 0.25) is 0 Å². The highest BCUT2D eigenvalue weighted by molar-refractivity contribution is 5.20. The zero-order valence-electron chi connectivity index (χ0n) is 16.4. The molecule has 1 heterocycles. The lowest BCUT2D eigenvalue weighted by atomic mass is 9.42. The number of hydrogen-bond acceptors (Lipinski definition) is 4. The van der Waals surface area contributed by atoms with Gasteiger partial charge in [0.15, 0.2) is 5.79 Å². The summed E-state index contributed by atoms with van der Waals surface area (Å²) >= 11 is 0. The summed E-state index contributed by atoms with van der Waals surface area (Å²) < 4.78 is 12.2. The summed E-state index contributed by atoms with van der Waals surface area (Å²) in [5, 5.41) is 21.2. The van der Waals surface area contributed by atoms with Crippen LogP contribution >= 0.6 is 0 Å². The van der Waals surface area contributed by atoms with Gasteiger partial charge in [0, 0.05) is 17.3 Å². The van der Waals surface area contributed by atoms with Gasteiger partial charge in [-0.2, -0.15) is 0 Å². The van der Waals surface area contributed by atoms with Gasteiger partial charge in [0.2, 0.25) is 0 Å². The maximum atomic E-state index is 10.7. The second-order valence-corrected chi connectivity index (χ2v) is 9.47. The lowest BCUT2D eigenvalue weighted by Gasteiger charge is -2.68. The molecule has 0 amide bonds. The number of ether oxygens (including phenoxy) is 2. The molecule has 4 heteroatoms. The Morgan fingerprint density at radius 1 is 1.12 bits per heavy atom. The first-order valence-electron chi connectivity index (χ1n) is 10.8. The van der Waals surface area contributed by atoms with E-state index in [1.807, 2.05) is 6.08 Å². The van der Waals surface area contributed by atoms with Crippen LogP contribution in [0, 0.1) is 29.1 Å². The van der Waals surface area contributed by atoms with Crippen LogP contribution < -0.4 is 0 Å². The van der Waals surface area contributed by atoms with Gasteiger partial charge in [-0.15, -0.1) is 0 Å². The zero-order chi connectivity index (χ0) is 18.4. The first-order chi connectivity index (χ1) is 12.5. The Hall–Kier alpha value is -0.420. The van der Waals surface area contributed by atoms with E-state index in [0.717, 1.165) is 19.3 Å². The molecule has 148 valence electrons. The minimum Gasteiger partial charge on any atom is -0.393 e. The van der Waals surface area contributed by atoms with Crippen molar-refractivity contribution in [3.63, 3.8) is 0 Å². The predicted octanol–water partition coefficient (Wildman–Crippen LogP) is 3.66. The lowest BCUT2D eigenvalue weighted by molar-refractivity contribution is -0.380. The fourth-order valence-electron chi connectivity index (χ4n) is 6.79. The zero-order valence-corrected chi connectivity index (χ0v) is 16.4. The van der Waals surface area contributed by atoms with E-state index in [2.05, 4.69) is 19.9 Å². The van der Waals surface area contributed by atoms with E-state index in [1.54, 1.807) is 0 Å². The molecule has 3 saturated carbocycles. The van der Waals surface area contributed by atoms with Gasteiger partial charge in [0.1, 0.15) is 0 Å². The Balaban J connectivity index is 1.43. The van der Waals surface area contributed by atoms with Crippen LogP contribution in [0.5, 0.6) is 0 Å². The molecule has 0 aromatic heterocycles. The van der Waals surface area contributed by atoms with Crippen molar-refractivity contribution in [1.29, 1.82) is 0 Å². The number of aliphatic hydroxyl groups excluding tert-OH is 2. The molecule has 26 heavy (non-hydrogen) atoms. The van der Waals surface area contributed by atoms with Gasteiger partial charge in [-0.25, -0.2) is 0 Å². The Morgan fingerprint density at radius 2 is 1.81 bits per heavy atom. The van der Waals surface area contributed by atoms with Gasteiger partial charge in [-0.1, -0.05) is 58.1 Å². The van der Waals surface area contributed by atoms with Gasteiger partial charge in [-0.05, 0) is 31.1 Å². The summed E-state index contributed by atoms with van der Waals surface area (Å²) in [6.45, 7) is 5.83. The minimum atomic E-state index is -0.454. The standard InChI is InChI=1S/C22H36O4/c1-15-20-18(9-8-17(23)14-16-6-4-3-5-7-16)19(24)10-11-21(20,2)22(15)25-12-13-26-22/h8-9,15-20,23-24H,3-7,10-14H2,1-2H3/b9-8+/t15?,17-,18+,19-,20-,21+/m1/s1. The van der Waals surface area contributed by atoms with Gasteiger partial charge < -0.3 is 19.7 Å². The van der Waals surface area contributed by atoms with Crippen molar-refractivity contribution in [3.05, 3.63) is 12.2 Å². The van der Waals surface area contributed by atoms with Crippen molar-refractivity contribution in [2.75, 3.05) is 13.2 Å². The van der Waals surface area contributed by atoms with Crippen LogP contribution in [0.4, 0.5) is 0 Å². The molecule has 1 unspecified atom stereocenters. The second kappa shape index (κ2) is 7.20. The van der Waals surface area contributed by atoms with Crippen LogP contribution in [0.25, 0.3) is 0 Å². The third-order valence-electron chi connectivity index (χ3n) is 8.06. The molecule has 0 aromatic rings. The minimum absolute atomic E-state index is 0.0362. The van der Waals surface area contributed by atoms with Crippen LogP contribution in [-0.4, -0.2) is 41.4 Å². The van der Waals surface area contributed by atoms with Crippen molar-refractivity contribution in [2.24, 2.45) is 29.1 Å². The molecule has 6 atom stereocenters. The Bertz CT molecular complexity index is 520. The van der Waals surface area contributed by atoms with Gasteiger partial charge in [0.25, 0.3) is 0 Å². The molecule has 1 spiro atoms. The number of fused-ring (bicyclic) bond motifs is 2. The molecule has 4 nitrogen and oxygen atoms in total. The smallest absolute Gasteiger partial charge is 0.176 e. The van der Waals surface area contributed by atoms with Gasteiger partial charge in [0.05, 0.1) is 25.4 Å². The maximum Gasteiger partial charge on any atom is 0.176 e. The summed E-state index contributed by atoms with van der Waals surface area (Å²) in [5.74, 6) is 0.918. The summed E-state index contributed by atoms with van der Waals surface area (Å²) in [7, 11) is 0. The van der Waals surface area contributed by atoms with Crippen LogP contribution in [0.15, 0.2) is 12.2 Å². The van der Waals surface area contributed by atoms with Crippen molar-refractivity contribution in [2.45, 2.75) is 83.2 Å². The van der Waals surface area contributed by atoms with E-state index in [0.29, 0.717) is 25.0 Å². The first-order valence-corrected chi connectivity index (χ1v) is 10.8. The molecule has 4 rings (SSSR count). The molecule has 0 aromatic carbocycles. The van der Waals surface area contributed by atoms with E-state index in [1.165, 1.54) is 32.1 Å². The quantitative estimate of drug-likeness (QED) is 0.748. The SMILES string of the molecule is CC1[C@@H]2[C@@H](/C=C/[C@@H](O)CC3CCCCC3)[C@H](O)CC[C@]2(C)C12OCCO2. The largest absolute Gasteiger partial charge is 0.393 e. The molecule has 4 fully saturated rings. The highest BCUT2D eigenvalue weighted by atomic mass is 16.7. The average Bonchev–Trinajstić information content (AvgIpc) is 3.16. The van der Waals surface area contributed by atoms with E-state index in [9.17, 15) is 10.2 Å². The summed E-state index contributed by atoms with van der Waals surface area (Å²) in [6.07, 6.45) is 12.4. The predicted molar refractivity (Wildman–Crippen MR) is 100 cm³/mol. The topological polar surface area (TPSA) is 58.9 Å². The molecule has 2 N–H and O–H groups in total. The molecular weight excluding hydrogens is 328 g/mol. The first kappa shape index (κ1) is 18.9. The molecule has 1 aliphatic heterocycles. The number of rotatable bonds is 4. The molecule has 1 saturated heterocycles. The molecule has 0 bridgehead atoms. The van der Waals surface area contributed by atoms with Crippen molar-refractivity contribution in [3.8, 4) is 0 Å². The van der Waals surface area contributed by atoms with Crippen LogP contribution in [0.3, 0.4) is 0 Å². The summed E-state index contributed by atoms with van der Waals surface area (Å²) in [6, 6.07) is 0. The van der Waals surface area contributed by atoms with Crippen LogP contribution in [0.1, 0.15) is 65.2 Å². The van der Waals surface area contributed by atoms with Crippen molar-refractivity contribution < 1.29 is 19.7 Å². The second-order valence-electron chi connectivity index (χ2n) is 9.47. The average molecular weight is 365 g/mol. The fourth-order valence-corrected chi connectivity index (χ4v) is 6.79. The fraction of sp³-hybridized carbons (Fsp3) is 0.909. The summed E-state index contributed by atoms with van der Waals surface area (Å²) in [5.41, 5.74) is -0.0362. The molecule has 3 aliphatic carbocycles. The van der Waals surface area contributed by atoms with Gasteiger partial charge in [-0.3, -0.25) is 0 Å². The molecule has 0 radical (unpaired) electrons. The Morgan fingerprint density at radius 3 is 2.50 bits per heavy atom. The Kier molecular flexibility index (Phi) is 5.24. The van der Waals surface area contributed by atoms with Crippen LogP contribution in [-0.2, 0) is 9.47 Å². The summed E-state index contributed by atoms with van der Waals surface area (Å²) in [4.78, 5) is 0. The third kappa shape index (κ3) is 2.88. The van der Waals surface area contributed by atoms with Crippen molar-refractivity contribution in [1.82, 2.24) is 0 Å². The van der Waals surface area contributed by atoms with E-state index < -0.39 is 5.79 Å². The van der Waals surface area contributed by atoms with Gasteiger partial charge >= 0.3 is 0 Å². The highest BCUT2D eigenvalue weighted by Crippen LogP contribution is 2.69. The third-order valence-corrected chi connectivity index (χ3v) is 8.06. The molecular formula is C22H36O4. The lowest BCUT2D eigenvalue weighted by Crippen LogP contribution is -2.73. The number of aliphatic hydroxyl groups is 2. The highest BCUT2D eigenvalue weighted by Gasteiger charge is 2.74. The van der Waals surface area contributed by atoms with E-state index >= 15 is 0 Å². The normalized spacial score (nSPS) is 44.2. The van der Waals surface area contributed by atoms with E-state index in [4.69, 9.17) is 9.47 Å². The van der Waals surface area contributed by atoms with E-state index in [-0.39, 0.29) is 29.5 Å². The maximum absolute atomic E-state index is 10.7. The number of hydrogen-bond donors (Lipinski definition) is 2. The van der Waals surface area contributed by atoms with Crippen molar-refractivity contribution >= 4 is 0 Å². The Labute approximate surface area is 158 Å². The monoisotopic (exact) mass is 364 g/mol. The molecule has 4 aliphatic rings.